The zero-order valence-corrected chi connectivity index (χ0v) is 10.9. The van der Waals surface area contributed by atoms with Gasteiger partial charge in [0.25, 0.3) is 0 Å². The smallest absolute Gasteiger partial charge is 0.236 e. The molecule has 0 radical (unpaired) electrons. The number of nitrogens with one attached hydrogen (secondary N) is 1. The third-order valence-electron chi connectivity index (χ3n) is 4.42. The first-order valence-electron chi connectivity index (χ1n) is 6.77. The summed E-state index contributed by atoms with van der Waals surface area (Å²) >= 11 is 0. The molecule has 0 bridgehead atoms. The van der Waals surface area contributed by atoms with Gasteiger partial charge >= 0.3 is 0 Å². The van der Waals surface area contributed by atoms with Gasteiger partial charge in [-0.1, -0.05) is 12.8 Å². The molecule has 0 aromatic carbocycles. The van der Waals surface area contributed by atoms with Gasteiger partial charge in [-0.25, -0.2) is 0 Å². The van der Waals surface area contributed by atoms with Gasteiger partial charge in [0.05, 0.1) is 12.1 Å². The molecule has 0 aliphatic heterocycles. The van der Waals surface area contributed by atoms with Crippen LogP contribution in [0.15, 0.2) is 0 Å². The molecule has 0 aromatic heterocycles. The largest absolute Gasteiger partial charge is 0.378 e. The van der Waals surface area contributed by atoms with Crippen molar-refractivity contribution in [1.82, 2.24) is 5.32 Å². The zero-order valence-electron chi connectivity index (χ0n) is 10.9. The number of rotatable bonds is 4. The van der Waals surface area contributed by atoms with Crippen molar-refractivity contribution in [3.05, 3.63) is 0 Å². The SMILES string of the molecule is CCOC1CC(NC(=O)[C@@H](C)N)C12CCCC2. The van der Waals surface area contributed by atoms with Crippen LogP contribution >= 0.6 is 0 Å². The molecule has 0 heterocycles. The summed E-state index contributed by atoms with van der Waals surface area (Å²) < 4.78 is 5.81. The minimum Gasteiger partial charge on any atom is -0.378 e. The monoisotopic (exact) mass is 240 g/mol. The van der Waals surface area contributed by atoms with E-state index in [1.807, 2.05) is 6.92 Å². The molecule has 3 N–H and O–H groups in total. The minimum absolute atomic E-state index is 0.0313. The molecule has 2 aliphatic carbocycles. The second-order valence-corrected chi connectivity index (χ2v) is 5.47. The fourth-order valence-corrected chi connectivity index (χ4v) is 3.39. The maximum atomic E-state index is 11.7. The van der Waals surface area contributed by atoms with E-state index in [2.05, 4.69) is 5.32 Å². The van der Waals surface area contributed by atoms with Crippen LogP contribution in [-0.4, -0.2) is 30.7 Å². The number of hydrogen-bond donors (Lipinski definition) is 2. The van der Waals surface area contributed by atoms with Gasteiger partial charge in [-0.05, 0) is 33.1 Å². The standard InChI is InChI=1S/C13H24N2O2/c1-3-17-11-8-10(15-12(16)9(2)14)13(11)6-4-5-7-13/h9-11H,3-8,14H2,1-2H3,(H,15,16)/t9-,10?,11?/m1/s1. The van der Waals surface area contributed by atoms with Crippen LogP contribution in [0.1, 0.15) is 46.0 Å². The van der Waals surface area contributed by atoms with E-state index in [4.69, 9.17) is 10.5 Å². The summed E-state index contributed by atoms with van der Waals surface area (Å²) in [6.07, 6.45) is 6.17. The Morgan fingerprint density at radius 1 is 1.53 bits per heavy atom. The van der Waals surface area contributed by atoms with Crippen LogP contribution in [-0.2, 0) is 9.53 Å². The second-order valence-electron chi connectivity index (χ2n) is 5.47. The molecule has 1 spiro atoms. The third-order valence-corrected chi connectivity index (χ3v) is 4.42. The molecule has 0 aromatic rings. The van der Waals surface area contributed by atoms with Crippen molar-refractivity contribution in [3.63, 3.8) is 0 Å². The molecule has 4 heteroatoms. The van der Waals surface area contributed by atoms with Crippen molar-refractivity contribution < 1.29 is 9.53 Å². The lowest BCUT2D eigenvalue weighted by Gasteiger charge is -2.54. The Hall–Kier alpha value is -0.610. The summed E-state index contributed by atoms with van der Waals surface area (Å²) in [6, 6.07) is -0.139. The van der Waals surface area contributed by atoms with Crippen LogP contribution < -0.4 is 11.1 Å². The summed E-state index contributed by atoms with van der Waals surface area (Å²) in [6.45, 7) is 4.53. The summed E-state index contributed by atoms with van der Waals surface area (Å²) in [5.41, 5.74) is 5.81. The van der Waals surface area contributed by atoms with E-state index in [1.54, 1.807) is 6.92 Å². The van der Waals surface area contributed by atoms with E-state index in [1.165, 1.54) is 25.7 Å². The van der Waals surface area contributed by atoms with E-state index in [0.717, 1.165) is 13.0 Å². The molecular weight excluding hydrogens is 216 g/mol. The van der Waals surface area contributed by atoms with Gasteiger partial charge in [-0.2, -0.15) is 0 Å². The normalized spacial score (nSPS) is 32.2. The average molecular weight is 240 g/mol. The zero-order chi connectivity index (χ0) is 12.5. The highest BCUT2D eigenvalue weighted by Crippen LogP contribution is 2.54. The minimum atomic E-state index is -0.417. The lowest BCUT2D eigenvalue weighted by Crippen LogP contribution is -2.65. The lowest BCUT2D eigenvalue weighted by molar-refractivity contribution is -0.144. The van der Waals surface area contributed by atoms with E-state index < -0.39 is 6.04 Å². The van der Waals surface area contributed by atoms with Crippen molar-refractivity contribution in [3.8, 4) is 0 Å². The summed E-state index contributed by atoms with van der Waals surface area (Å²) in [5.74, 6) is -0.0313. The summed E-state index contributed by atoms with van der Waals surface area (Å²) in [7, 11) is 0. The van der Waals surface area contributed by atoms with Gasteiger partial charge in [-0.15, -0.1) is 0 Å². The van der Waals surface area contributed by atoms with Crippen molar-refractivity contribution in [2.45, 2.75) is 64.1 Å². The van der Waals surface area contributed by atoms with Crippen LogP contribution in [0, 0.1) is 5.41 Å². The molecule has 4 nitrogen and oxygen atoms in total. The maximum Gasteiger partial charge on any atom is 0.236 e. The molecular formula is C13H24N2O2. The van der Waals surface area contributed by atoms with Gasteiger partial charge < -0.3 is 15.8 Å². The first kappa shape index (κ1) is 12.8. The fraction of sp³-hybridized carbons (Fsp3) is 0.923. The Bertz CT molecular complexity index is 285. The molecule has 17 heavy (non-hydrogen) atoms. The number of carbonyl (C=O) groups is 1. The van der Waals surface area contributed by atoms with Crippen LogP contribution in [0.4, 0.5) is 0 Å². The second kappa shape index (κ2) is 4.94. The first-order valence-corrected chi connectivity index (χ1v) is 6.77. The summed E-state index contributed by atoms with van der Waals surface area (Å²) in [4.78, 5) is 11.7. The Labute approximate surface area is 103 Å². The summed E-state index contributed by atoms with van der Waals surface area (Å²) in [5, 5.41) is 3.09. The van der Waals surface area contributed by atoms with Gasteiger partial charge in [0.1, 0.15) is 0 Å². The van der Waals surface area contributed by atoms with Crippen LogP contribution in [0.3, 0.4) is 0 Å². The highest BCUT2D eigenvalue weighted by molar-refractivity contribution is 5.81. The molecule has 2 saturated carbocycles. The van der Waals surface area contributed by atoms with Crippen molar-refractivity contribution in [2.24, 2.45) is 11.1 Å². The molecule has 2 rings (SSSR count). The molecule has 2 unspecified atom stereocenters. The maximum absolute atomic E-state index is 11.7. The van der Waals surface area contributed by atoms with Gasteiger partial charge in [0, 0.05) is 18.1 Å². The number of amides is 1. The van der Waals surface area contributed by atoms with Crippen LogP contribution in [0.25, 0.3) is 0 Å². The van der Waals surface area contributed by atoms with E-state index in [0.29, 0.717) is 6.10 Å². The van der Waals surface area contributed by atoms with Crippen molar-refractivity contribution in [2.75, 3.05) is 6.61 Å². The van der Waals surface area contributed by atoms with Gasteiger partial charge in [0.2, 0.25) is 5.91 Å². The van der Waals surface area contributed by atoms with E-state index in [9.17, 15) is 4.79 Å². The van der Waals surface area contributed by atoms with E-state index in [-0.39, 0.29) is 17.4 Å². The molecule has 2 fully saturated rings. The average Bonchev–Trinajstić information content (AvgIpc) is 2.79. The highest BCUT2D eigenvalue weighted by atomic mass is 16.5. The first-order chi connectivity index (χ1) is 8.10. The predicted molar refractivity (Wildman–Crippen MR) is 66.5 cm³/mol. The molecule has 3 atom stereocenters. The fourth-order valence-electron chi connectivity index (χ4n) is 3.39. The topological polar surface area (TPSA) is 64.3 Å². The molecule has 2 aliphatic rings. The number of ether oxygens (including phenoxy) is 1. The molecule has 98 valence electrons. The van der Waals surface area contributed by atoms with Crippen molar-refractivity contribution >= 4 is 5.91 Å². The Morgan fingerprint density at radius 2 is 2.18 bits per heavy atom. The Morgan fingerprint density at radius 3 is 2.71 bits per heavy atom. The van der Waals surface area contributed by atoms with E-state index >= 15 is 0 Å². The Balaban J connectivity index is 1.98. The highest BCUT2D eigenvalue weighted by Gasteiger charge is 2.57. The molecule has 0 saturated heterocycles. The van der Waals surface area contributed by atoms with Gasteiger partial charge in [0.15, 0.2) is 0 Å². The Kier molecular flexibility index (Phi) is 3.73. The van der Waals surface area contributed by atoms with Crippen LogP contribution in [0.2, 0.25) is 0 Å². The van der Waals surface area contributed by atoms with Crippen molar-refractivity contribution in [1.29, 1.82) is 0 Å². The van der Waals surface area contributed by atoms with Gasteiger partial charge in [-0.3, -0.25) is 4.79 Å². The number of hydrogen-bond acceptors (Lipinski definition) is 3. The quantitative estimate of drug-likeness (QED) is 0.775. The third kappa shape index (κ3) is 2.20. The predicted octanol–water partition coefficient (Wildman–Crippen LogP) is 1.19. The lowest BCUT2D eigenvalue weighted by atomic mass is 9.60. The number of nitrogens with two attached hydrogens (primary N) is 1. The van der Waals surface area contributed by atoms with Crippen LogP contribution in [0.5, 0.6) is 0 Å². The number of carbonyl (C=O) groups excluding carboxylic acids is 1. The molecule has 1 amide bonds.